The predicted molar refractivity (Wildman–Crippen MR) is 87.9 cm³/mol. The fourth-order valence-electron chi connectivity index (χ4n) is 3.20. The van der Waals surface area contributed by atoms with Crippen molar-refractivity contribution in [2.45, 2.75) is 32.4 Å². The second-order valence-corrected chi connectivity index (χ2v) is 6.00. The molecule has 2 aromatic rings. The minimum absolute atomic E-state index is 0.363. The van der Waals surface area contributed by atoms with Crippen LogP contribution in [0.25, 0.3) is 11.1 Å². The Morgan fingerprint density at radius 2 is 2.00 bits per heavy atom. The minimum Gasteiger partial charge on any atom is -0.478 e. The average molecular weight is 295 g/mol. The molecule has 3 heteroatoms. The molecule has 1 N–H and O–H groups in total. The van der Waals surface area contributed by atoms with Crippen LogP contribution in [0.2, 0.25) is 0 Å². The summed E-state index contributed by atoms with van der Waals surface area (Å²) in [5.41, 5.74) is 3.73. The highest BCUT2D eigenvalue weighted by Crippen LogP contribution is 2.28. The molecule has 0 amide bonds. The van der Waals surface area contributed by atoms with Gasteiger partial charge in [-0.25, -0.2) is 4.79 Å². The van der Waals surface area contributed by atoms with Crippen LogP contribution in [0.4, 0.5) is 0 Å². The molecule has 0 bridgehead atoms. The van der Waals surface area contributed by atoms with Gasteiger partial charge in [0.2, 0.25) is 0 Å². The highest BCUT2D eigenvalue weighted by molar-refractivity contribution is 5.89. The largest absolute Gasteiger partial charge is 0.478 e. The Bertz CT molecular complexity index is 666. The monoisotopic (exact) mass is 295 g/mol. The van der Waals surface area contributed by atoms with Gasteiger partial charge in [0.15, 0.2) is 0 Å². The number of carbonyl (C=O) groups is 1. The van der Waals surface area contributed by atoms with E-state index < -0.39 is 5.97 Å². The van der Waals surface area contributed by atoms with Gasteiger partial charge >= 0.3 is 5.97 Å². The van der Waals surface area contributed by atoms with Gasteiger partial charge in [-0.05, 0) is 55.1 Å². The predicted octanol–water partition coefficient (Wildman–Crippen LogP) is 4.04. The molecule has 0 radical (unpaired) electrons. The molecule has 1 saturated heterocycles. The zero-order valence-electron chi connectivity index (χ0n) is 12.8. The van der Waals surface area contributed by atoms with Crippen LogP contribution in [0, 0.1) is 0 Å². The maximum Gasteiger partial charge on any atom is 0.335 e. The van der Waals surface area contributed by atoms with E-state index in [-0.39, 0.29) is 0 Å². The molecule has 0 spiro atoms. The number of likely N-dealkylation sites (tertiary alicyclic amines) is 1. The summed E-state index contributed by atoms with van der Waals surface area (Å²) in [4.78, 5) is 13.7. The van der Waals surface area contributed by atoms with E-state index in [1.807, 2.05) is 30.3 Å². The number of hydrogen-bond donors (Lipinski definition) is 1. The van der Waals surface area contributed by atoms with Crippen molar-refractivity contribution < 1.29 is 9.90 Å². The van der Waals surface area contributed by atoms with E-state index in [1.54, 1.807) is 6.07 Å². The summed E-state index contributed by atoms with van der Waals surface area (Å²) in [5.74, 6) is -0.865. The lowest BCUT2D eigenvalue weighted by atomic mass is 9.97. The first-order valence-electron chi connectivity index (χ1n) is 7.81. The van der Waals surface area contributed by atoms with E-state index in [9.17, 15) is 9.90 Å². The first kappa shape index (κ1) is 14.8. The molecule has 1 aliphatic rings. The molecular weight excluding hydrogens is 274 g/mol. The van der Waals surface area contributed by atoms with Crippen LogP contribution in [-0.4, -0.2) is 28.6 Å². The van der Waals surface area contributed by atoms with Crippen molar-refractivity contribution in [3.8, 4) is 11.1 Å². The molecule has 1 unspecified atom stereocenters. The number of benzene rings is 2. The molecule has 1 heterocycles. The van der Waals surface area contributed by atoms with Gasteiger partial charge in [-0.1, -0.05) is 36.4 Å². The molecule has 0 aromatic heterocycles. The third kappa shape index (κ3) is 3.04. The second kappa shape index (κ2) is 6.32. The summed E-state index contributed by atoms with van der Waals surface area (Å²) in [6.45, 7) is 4.15. The molecular formula is C19H21NO2. The number of rotatable bonds is 4. The summed E-state index contributed by atoms with van der Waals surface area (Å²) >= 11 is 0. The van der Waals surface area contributed by atoms with E-state index in [2.05, 4.69) is 24.0 Å². The fourth-order valence-corrected chi connectivity index (χ4v) is 3.20. The van der Waals surface area contributed by atoms with Gasteiger partial charge in [0.05, 0.1) is 5.56 Å². The van der Waals surface area contributed by atoms with Gasteiger partial charge < -0.3 is 5.11 Å². The van der Waals surface area contributed by atoms with Crippen LogP contribution in [-0.2, 0) is 6.54 Å². The van der Waals surface area contributed by atoms with Gasteiger partial charge in [-0.3, -0.25) is 4.90 Å². The van der Waals surface area contributed by atoms with E-state index in [0.29, 0.717) is 11.6 Å². The summed E-state index contributed by atoms with van der Waals surface area (Å²) in [7, 11) is 0. The molecule has 1 atom stereocenters. The molecule has 1 fully saturated rings. The van der Waals surface area contributed by atoms with Crippen molar-refractivity contribution >= 4 is 5.97 Å². The Labute approximate surface area is 131 Å². The van der Waals surface area contributed by atoms with E-state index in [0.717, 1.165) is 29.8 Å². The fraction of sp³-hybridized carbons (Fsp3) is 0.316. The topological polar surface area (TPSA) is 40.5 Å². The van der Waals surface area contributed by atoms with Gasteiger partial charge in [-0.2, -0.15) is 0 Å². The van der Waals surface area contributed by atoms with Crippen molar-refractivity contribution in [2.24, 2.45) is 0 Å². The zero-order chi connectivity index (χ0) is 15.5. The van der Waals surface area contributed by atoms with Crippen LogP contribution in [0.3, 0.4) is 0 Å². The van der Waals surface area contributed by atoms with Crippen molar-refractivity contribution in [3.05, 3.63) is 59.7 Å². The molecule has 22 heavy (non-hydrogen) atoms. The second-order valence-electron chi connectivity index (χ2n) is 6.00. The Morgan fingerprint density at radius 1 is 1.23 bits per heavy atom. The SMILES string of the molecule is CC1CCCN1Cc1cc(C(=O)O)ccc1-c1ccccc1. The van der Waals surface area contributed by atoms with Crippen molar-refractivity contribution in [3.63, 3.8) is 0 Å². The van der Waals surface area contributed by atoms with Crippen molar-refractivity contribution in [2.75, 3.05) is 6.54 Å². The standard InChI is InChI=1S/C19H21NO2/c1-14-6-5-11-20(14)13-17-12-16(19(21)22)9-10-18(17)15-7-3-2-4-8-15/h2-4,7-10,12,14H,5-6,11,13H2,1H3,(H,21,22). The molecule has 3 nitrogen and oxygen atoms in total. The summed E-state index contributed by atoms with van der Waals surface area (Å²) < 4.78 is 0. The maximum atomic E-state index is 11.3. The summed E-state index contributed by atoms with van der Waals surface area (Å²) in [6, 6.07) is 16.2. The first-order valence-corrected chi connectivity index (χ1v) is 7.81. The lowest BCUT2D eigenvalue weighted by Crippen LogP contribution is -2.26. The van der Waals surface area contributed by atoms with E-state index >= 15 is 0 Å². The molecule has 1 aliphatic heterocycles. The van der Waals surface area contributed by atoms with Gasteiger partial charge in [0.1, 0.15) is 0 Å². The summed E-state index contributed by atoms with van der Waals surface area (Å²) in [6.07, 6.45) is 2.44. The number of carboxylic acids is 1. The molecule has 3 rings (SSSR count). The third-order valence-corrected chi connectivity index (χ3v) is 4.50. The van der Waals surface area contributed by atoms with E-state index in [1.165, 1.54) is 12.8 Å². The van der Waals surface area contributed by atoms with Crippen LogP contribution in [0.1, 0.15) is 35.7 Å². The quantitative estimate of drug-likeness (QED) is 0.925. The molecule has 2 aromatic carbocycles. The Balaban J connectivity index is 2.00. The average Bonchev–Trinajstić information content (AvgIpc) is 2.93. The van der Waals surface area contributed by atoms with Crippen LogP contribution in [0.15, 0.2) is 48.5 Å². The van der Waals surface area contributed by atoms with Crippen molar-refractivity contribution in [1.82, 2.24) is 4.90 Å². The lowest BCUT2D eigenvalue weighted by Gasteiger charge is -2.23. The van der Waals surface area contributed by atoms with Crippen LogP contribution in [0.5, 0.6) is 0 Å². The van der Waals surface area contributed by atoms with Gasteiger partial charge in [0.25, 0.3) is 0 Å². The molecule has 114 valence electrons. The van der Waals surface area contributed by atoms with Crippen LogP contribution >= 0.6 is 0 Å². The number of nitrogens with zero attached hydrogens (tertiary/aromatic N) is 1. The third-order valence-electron chi connectivity index (χ3n) is 4.50. The van der Waals surface area contributed by atoms with Gasteiger partial charge in [0, 0.05) is 12.6 Å². The minimum atomic E-state index is -0.865. The smallest absolute Gasteiger partial charge is 0.335 e. The van der Waals surface area contributed by atoms with E-state index in [4.69, 9.17) is 0 Å². The number of hydrogen-bond acceptors (Lipinski definition) is 2. The zero-order valence-corrected chi connectivity index (χ0v) is 12.8. The lowest BCUT2D eigenvalue weighted by molar-refractivity contribution is 0.0696. The Kier molecular flexibility index (Phi) is 4.25. The summed E-state index contributed by atoms with van der Waals surface area (Å²) in [5, 5.41) is 9.27. The highest BCUT2D eigenvalue weighted by atomic mass is 16.4. The van der Waals surface area contributed by atoms with Crippen molar-refractivity contribution in [1.29, 1.82) is 0 Å². The highest BCUT2D eigenvalue weighted by Gasteiger charge is 2.21. The molecule has 0 aliphatic carbocycles. The number of carboxylic acid groups (broad SMARTS) is 1. The maximum absolute atomic E-state index is 11.3. The Hall–Kier alpha value is -2.13. The first-order chi connectivity index (χ1) is 10.6. The normalized spacial score (nSPS) is 18.5. The number of aromatic carboxylic acids is 1. The van der Waals surface area contributed by atoms with Gasteiger partial charge in [-0.15, -0.1) is 0 Å². The molecule has 0 saturated carbocycles. The van der Waals surface area contributed by atoms with Crippen LogP contribution < -0.4 is 0 Å². The Morgan fingerprint density at radius 3 is 2.64 bits per heavy atom.